The molecule has 1 aromatic rings. The molecule has 0 spiro atoms. The number of hydrogen-bond acceptors (Lipinski definition) is 6. The maximum Gasteiger partial charge on any atom is 0.573 e. The molecule has 0 atom stereocenters. The van der Waals surface area contributed by atoms with Gasteiger partial charge in [0.2, 0.25) is 5.91 Å². The molecule has 0 bridgehead atoms. The first-order valence-electron chi connectivity index (χ1n) is 8.35. The lowest BCUT2D eigenvalue weighted by Crippen LogP contribution is -2.47. The molecule has 1 aromatic carbocycles. The van der Waals surface area contributed by atoms with Crippen molar-refractivity contribution in [2.24, 2.45) is 0 Å². The van der Waals surface area contributed by atoms with Gasteiger partial charge in [0.05, 0.1) is 18.5 Å². The first-order chi connectivity index (χ1) is 12.8. The third kappa shape index (κ3) is 6.19. The van der Waals surface area contributed by atoms with E-state index in [9.17, 15) is 22.8 Å². The van der Waals surface area contributed by atoms with Crippen molar-refractivity contribution in [3.05, 3.63) is 18.2 Å². The minimum absolute atomic E-state index is 0.235. The third-order valence-electron chi connectivity index (χ3n) is 3.60. The number of nitrogens with one attached hydrogen (secondary N) is 3. The normalized spacial score (nSPS) is 15.4. The van der Waals surface area contributed by atoms with Gasteiger partial charge >= 0.3 is 12.5 Å². The van der Waals surface area contributed by atoms with Crippen LogP contribution in [0.4, 0.5) is 29.3 Å². The number of alkyl halides is 3. The Morgan fingerprint density at radius 1 is 1.14 bits per heavy atom. The predicted molar refractivity (Wildman–Crippen MR) is 93.7 cm³/mol. The summed E-state index contributed by atoms with van der Waals surface area (Å²) in [4.78, 5) is 29.3. The number of amides is 2. The molecule has 1 aliphatic carbocycles. The zero-order valence-electron chi connectivity index (χ0n) is 15.8. The predicted octanol–water partition coefficient (Wildman–Crippen LogP) is 3.55. The first kappa shape index (κ1) is 21.6. The summed E-state index contributed by atoms with van der Waals surface area (Å²) in [6.45, 7) is 5.00. The number of ether oxygens (including phenoxy) is 2. The van der Waals surface area contributed by atoms with E-state index in [0.29, 0.717) is 12.8 Å². The van der Waals surface area contributed by atoms with Gasteiger partial charge in [0.25, 0.3) is 0 Å². The van der Waals surface area contributed by atoms with E-state index in [1.807, 2.05) is 0 Å². The zero-order chi connectivity index (χ0) is 21.2. The quantitative estimate of drug-likeness (QED) is 0.626. The van der Waals surface area contributed by atoms with Crippen LogP contribution in [0.5, 0.6) is 5.75 Å². The van der Waals surface area contributed by atoms with Crippen LogP contribution < -0.4 is 20.9 Å². The van der Waals surface area contributed by atoms with Gasteiger partial charge in [0, 0.05) is 0 Å². The lowest BCUT2D eigenvalue weighted by atomic mass is 10.2. The Hall–Kier alpha value is -2.69. The molecule has 156 valence electrons. The molecular weight excluding hydrogens is 383 g/mol. The Bertz CT molecular complexity index is 743. The van der Waals surface area contributed by atoms with Crippen molar-refractivity contribution in [3.63, 3.8) is 0 Å². The van der Waals surface area contributed by atoms with Gasteiger partial charge in [-0.05, 0) is 51.8 Å². The van der Waals surface area contributed by atoms with Crippen LogP contribution >= 0.6 is 0 Å². The summed E-state index contributed by atoms with van der Waals surface area (Å²) in [5, 5.41) is 4.85. The molecule has 0 heterocycles. The van der Waals surface area contributed by atoms with Gasteiger partial charge in [-0.3, -0.25) is 15.1 Å². The van der Waals surface area contributed by atoms with E-state index in [-0.39, 0.29) is 11.4 Å². The molecule has 28 heavy (non-hydrogen) atoms. The van der Waals surface area contributed by atoms with Crippen LogP contribution in [-0.2, 0) is 14.4 Å². The second-order valence-electron chi connectivity index (χ2n) is 7.23. The van der Waals surface area contributed by atoms with E-state index in [0.717, 1.165) is 6.07 Å². The Kier molecular flexibility index (Phi) is 5.97. The van der Waals surface area contributed by atoms with Gasteiger partial charge in [-0.2, -0.15) is 0 Å². The third-order valence-corrected chi connectivity index (χ3v) is 3.60. The van der Waals surface area contributed by atoms with Crippen LogP contribution in [0.3, 0.4) is 0 Å². The second-order valence-corrected chi connectivity index (χ2v) is 7.23. The summed E-state index contributed by atoms with van der Waals surface area (Å²) >= 11 is 0. The lowest BCUT2D eigenvalue weighted by molar-refractivity contribution is -0.274. The Labute approximate surface area is 159 Å². The minimum Gasteiger partial charge on any atom is -0.444 e. The van der Waals surface area contributed by atoms with Crippen molar-refractivity contribution in [2.75, 3.05) is 17.9 Å². The maximum atomic E-state index is 12.6. The van der Waals surface area contributed by atoms with Gasteiger partial charge < -0.3 is 20.1 Å². The van der Waals surface area contributed by atoms with Crippen molar-refractivity contribution in [1.82, 2.24) is 5.32 Å². The molecule has 2 rings (SSSR count). The highest BCUT2D eigenvalue weighted by Crippen LogP contribution is 2.39. The van der Waals surface area contributed by atoms with E-state index in [1.165, 1.54) is 19.2 Å². The minimum atomic E-state index is -4.94. The van der Waals surface area contributed by atoms with Crippen molar-refractivity contribution in [3.8, 4) is 5.75 Å². The van der Waals surface area contributed by atoms with Crippen molar-refractivity contribution < 1.29 is 37.1 Å². The highest BCUT2D eigenvalue weighted by molar-refractivity contribution is 6.03. The molecule has 3 N–H and O–H groups in total. The van der Waals surface area contributed by atoms with Crippen LogP contribution in [-0.4, -0.2) is 36.6 Å². The van der Waals surface area contributed by atoms with Gasteiger partial charge in [0.15, 0.2) is 5.75 Å². The van der Waals surface area contributed by atoms with Crippen LogP contribution in [0.25, 0.3) is 0 Å². The second kappa shape index (κ2) is 7.74. The van der Waals surface area contributed by atoms with Crippen LogP contribution in [0.2, 0.25) is 0 Å². The topological polar surface area (TPSA) is 97.9 Å². The van der Waals surface area contributed by atoms with Crippen molar-refractivity contribution in [1.29, 1.82) is 0 Å². The van der Waals surface area contributed by atoms with Gasteiger partial charge in [-0.15, -0.1) is 13.2 Å². The van der Waals surface area contributed by atoms with E-state index in [1.54, 1.807) is 20.8 Å². The number of halogens is 3. The molecule has 1 aliphatic rings. The SMILES string of the molecule is CONc1ccc(OC(F)(F)F)c(NC(=O)C2(NC(=O)OC(C)(C)C)CC2)c1. The van der Waals surface area contributed by atoms with Crippen LogP contribution in [0, 0.1) is 0 Å². The summed E-state index contributed by atoms with van der Waals surface area (Å²) in [5.74, 6) is -1.28. The molecule has 0 saturated heterocycles. The van der Waals surface area contributed by atoms with E-state index < -0.39 is 35.3 Å². The molecule has 2 amide bonds. The molecule has 0 aliphatic heterocycles. The standard InChI is InChI=1S/C17H22F3N3O5/c1-15(2,3)28-14(25)22-16(7-8-16)13(24)21-11-9-10(23-26-4)5-6-12(11)27-17(18,19)20/h5-6,9,23H,7-8H2,1-4H3,(H,21,24)(H,22,25). The fourth-order valence-electron chi connectivity index (χ4n) is 2.30. The number of rotatable bonds is 6. The summed E-state index contributed by atoms with van der Waals surface area (Å²) in [6.07, 6.45) is -5.09. The first-order valence-corrected chi connectivity index (χ1v) is 8.35. The van der Waals surface area contributed by atoms with Gasteiger partial charge in [-0.1, -0.05) is 0 Å². The molecule has 8 nitrogen and oxygen atoms in total. The molecule has 0 aromatic heterocycles. The number of hydrogen-bond donors (Lipinski definition) is 3. The molecular formula is C17H22F3N3O5. The number of alkyl carbamates (subject to hydrolysis) is 1. The van der Waals surface area contributed by atoms with Crippen LogP contribution in [0.15, 0.2) is 18.2 Å². The van der Waals surface area contributed by atoms with Crippen molar-refractivity contribution >= 4 is 23.4 Å². The summed E-state index contributed by atoms with van der Waals surface area (Å²) in [7, 11) is 1.32. The zero-order valence-corrected chi connectivity index (χ0v) is 15.8. The highest BCUT2D eigenvalue weighted by Gasteiger charge is 2.52. The fourth-order valence-corrected chi connectivity index (χ4v) is 2.30. The smallest absolute Gasteiger partial charge is 0.444 e. The molecule has 1 fully saturated rings. The fraction of sp³-hybridized carbons (Fsp3) is 0.529. The Balaban J connectivity index is 2.17. The van der Waals surface area contributed by atoms with E-state index in [4.69, 9.17) is 9.57 Å². The summed E-state index contributed by atoms with van der Waals surface area (Å²) in [5.41, 5.74) is 0.493. The molecule has 1 saturated carbocycles. The number of carbonyl (C=O) groups excluding carboxylic acids is 2. The lowest BCUT2D eigenvalue weighted by Gasteiger charge is -2.23. The highest BCUT2D eigenvalue weighted by atomic mass is 19.4. The number of anilines is 2. The Morgan fingerprint density at radius 2 is 1.79 bits per heavy atom. The van der Waals surface area contributed by atoms with Crippen molar-refractivity contribution in [2.45, 2.75) is 51.1 Å². The van der Waals surface area contributed by atoms with Crippen LogP contribution in [0.1, 0.15) is 33.6 Å². The van der Waals surface area contributed by atoms with E-state index >= 15 is 0 Å². The maximum absolute atomic E-state index is 12.6. The summed E-state index contributed by atoms with van der Waals surface area (Å²) < 4.78 is 47.0. The number of benzene rings is 1. The number of carbonyl (C=O) groups is 2. The monoisotopic (exact) mass is 405 g/mol. The Morgan fingerprint density at radius 3 is 2.29 bits per heavy atom. The molecule has 0 radical (unpaired) electrons. The average Bonchev–Trinajstić information content (AvgIpc) is 3.27. The van der Waals surface area contributed by atoms with E-state index in [2.05, 4.69) is 20.9 Å². The van der Waals surface area contributed by atoms with Gasteiger partial charge in [0.1, 0.15) is 11.1 Å². The summed E-state index contributed by atoms with van der Waals surface area (Å²) in [6, 6.07) is 3.53. The van der Waals surface area contributed by atoms with Gasteiger partial charge in [-0.25, -0.2) is 4.79 Å². The molecule has 11 heteroatoms. The largest absolute Gasteiger partial charge is 0.573 e. The molecule has 0 unspecified atom stereocenters. The average molecular weight is 405 g/mol.